The molecule has 0 spiro atoms. The quantitative estimate of drug-likeness (QED) is 0.232. The largest absolute Gasteiger partial charge is 0.478 e. The molecule has 2 N–H and O–H groups in total. The van der Waals surface area contributed by atoms with Crippen LogP contribution < -0.4 is 0 Å². The molecule has 0 aliphatic heterocycles. The maximum atomic E-state index is 11.2. The Morgan fingerprint density at radius 2 is 1.63 bits per heavy atom. The monoisotopic (exact) mass is 274 g/mol. The van der Waals surface area contributed by atoms with Crippen molar-refractivity contribution in [3.8, 4) is 0 Å². The molecule has 0 rings (SSSR count). The summed E-state index contributed by atoms with van der Waals surface area (Å²) in [6.07, 6.45) is 2.65. The zero-order valence-electron chi connectivity index (χ0n) is 11.9. The van der Waals surface area contributed by atoms with Crippen molar-refractivity contribution in [2.75, 3.05) is 6.61 Å². The van der Waals surface area contributed by atoms with Crippen molar-refractivity contribution < 1.29 is 29.6 Å². The number of carboxylic acid groups (broad SMARTS) is 2. The van der Waals surface area contributed by atoms with Crippen LogP contribution in [0.2, 0.25) is 0 Å². The van der Waals surface area contributed by atoms with Crippen LogP contribution in [0.15, 0.2) is 11.3 Å². The highest BCUT2D eigenvalue weighted by molar-refractivity contribution is 5.98. The van der Waals surface area contributed by atoms with Crippen molar-refractivity contribution in [3.05, 3.63) is 11.3 Å². The number of hydrogen-bond donors (Lipinski definition) is 2. The highest BCUT2D eigenvalue weighted by Gasteiger charge is 2.33. The molecule has 0 saturated heterocycles. The van der Waals surface area contributed by atoms with E-state index in [0.717, 1.165) is 19.3 Å². The van der Waals surface area contributed by atoms with E-state index in [9.17, 15) is 9.59 Å². The zero-order chi connectivity index (χ0) is 15.1. The number of unbranched alkanes of at least 4 members (excludes halogenated alkanes) is 2. The number of aliphatic carboxylic acids is 2. The van der Waals surface area contributed by atoms with E-state index >= 15 is 0 Å². The van der Waals surface area contributed by atoms with Crippen LogP contribution in [0.5, 0.6) is 0 Å². The van der Waals surface area contributed by atoms with Gasteiger partial charge >= 0.3 is 11.9 Å². The lowest BCUT2D eigenvalue weighted by atomic mass is 9.85. The Kier molecular flexibility index (Phi) is 7.14. The maximum absolute atomic E-state index is 11.2. The van der Waals surface area contributed by atoms with E-state index in [1.807, 2.05) is 6.92 Å². The van der Waals surface area contributed by atoms with Gasteiger partial charge in [-0.25, -0.2) is 9.59 Å². The van der Waals surface area contributed by atoms with E-state index in [2.05, 4.69) is 0 Å². The van der Waals surface area contributed by atoms with Gasteiger partial charge in [0.1, 0.15) is 0 Å². The average Bonchev–Trinajstić information content (AvgIpc) is 2.24. The van der Waals surface area contributed by atoms with E-state index in [0.29, 0.717) is 0 Å². The fraction of sp³-hybridized carbons (Fsp3) is 0.692. The molecule has 6 nitrogen and oxygen atoms in total. The Morgan fingerprint density at radius 3 is 2.00 bits per heavy atom. The molecule has 0 radical (unpaired) electrons. The molecule has 0 bridgehead atoms. The molecule has 0 aliphatic carbocycles. The van der Waals surface area contributed by atoms with Crippen molar-refractivity contribution in [3.63, 3.8) is 0 Å². The molecule has 19 heavy (non-hydrogen) atoms. The molecule has 0 heterocycles. The van der Waals surface area contributed by atoms with E-state index in [1.54, 1.807) is 20.8 Å². The number of rotatable bonds is 8. The van der Waals surface area contributed by atoms with Crippen LogP contribution in [0.3, 0.4) is 0 Å². The minimum Gasteiger partial charge on any atom is -0.478 e. The molecule has 0 aromatic rings. The van der Waals surface area contributed by atoms with Crippen molar-refractivity contribution in [1.82, 2.24) is 0 Å². The molecule has 0 amide bonds. The summed E-state index contributed by atoms with van der Waals surface area (Å²) in [7, 11) is 0. The van der Waals surface area contributed by atoms with Crippen molar-refractivity contribution in [1.29, 1.82) is 0 Å². The Bertz CT molecular complexity index is 351. The van der Waals surface area contributed by atoms with Crippen LogP contribution in [-0.4, -0.2) is 28.8 Å². The first kappa shape index (κ1) is 17.4. The SMILES string of the molecule is CCCCCOOC(C(=O)O)=C(C(=O)O)C(C)(C)C. The van der Waals surface area contributed by atoms with Gasteiger partial charge in [-0.15, -0.1) is 0 Å². The first-order valence-corrected chi connectivity index (χ1v) is 6.22. The predicted molar refractivity (Wildman–Crippen MR) is 68.3 cm³/mol. The summed E-state index contributed by atoms with van der Waals surface area (Å²) in [6, 6.07) is 0. The number of hydrogen-bond acceptors (Lipinski definition) is 4. The second kappa shape index (κ2) is 7.78. The second-order valence-electron chi connectivity index (χ2n) is 5.18. The summed E-state index contributed by atoms with van der Waals surface area (Å²) in [6.45, 7) is 7.03. The fourth-order valence-electron chi connectivity index (χ4n) is 1.45. The highest BCUT2D eigenvalue weighted by atomic mass is 17.2. The van der Waals surface area contributed by atoms with Crippen LogP contribution in [0, 0.1) is 5.41 Å². The van der Waals surface area contributed by atoms with Crippen molar-refractivity contribution in [2.45, 2.75) is 47.0 Å². The van der Waals surface area contributed by atoms with Crippen LogP contribution in [0.25, 0.3) is 0 Å². The average molecular weight is 274 g/mol. The van der Waals surface area contributed by atoms with E-state index in [4.69, 9.17) is 20.0 Å². The normalized spacial score (nSPS) is 12.8. The van der Waals surface area contributed by atoms with Crippen LogP contribution >= 0.6 is 0 Å². The topological polar surface area (TPSA) is 93.1 Å². The maximum Gasteiger partial charge on any atom is 0.375 e. The Morgan fingerprint density at radius 1 is 1.05 bits per heavy atom. The molecule has 0 aromatic heterocycles. The van der Waals surface area contributed by atoms with Crippen LogP contribution in [0.4, 0.5) is 0 Å². The molecule has 110 valence electrons. The van der Waals surface area contributed by atoms with E-state index < -0.39 is 23.1 Å². The minimum atomic E-state index is -1.46. The van der Waals surface area contributed by atoms with Crippen LogP contribution in [-0.2, 0) is 19.4 Å². The molecular formula is C13H22O6. The molecule has 0 fully saturated rings. The summed E-state index contributed by atoms with van der Waals surface area (Å²) in [5, 5.41) is 18.1. The van der Waals surface area contributed by atoms with Gasteiger partial charge in [0.15, 0.2) is 0 Å². The molecule has 6 heteroatoms. The van der Waals surface area contributed by atoms with E-state index in [1.165, 1.54) is 0 Å². The van der Waals surface area contributed by atoms with Crippen molar-refractivity contribution in [2.24, 2.45) is 5.41 Å². The highest BCUT2D eigenvalue weighted by Crippen LogP contribution is 2.29. The molecule has 0 unspecified atom stereocenters. The molecule has 0 aromatic carbocycles. The van der Waals surface area contributed by atoms with Crippen molar-refractivity contribution >= 4 is 11.9 Å². The lowest BCUT2D eigenvalue weighted by molar-refractivity contribution is -0.265. The Labute approximate surface area is 112 Å². The van der Waals surface area contributed by atoms with Crippen LogP contribution in [0.1, 0.15) is 47.0 Å². The van der Waals surface area contributed by atoms with Gasteiger partial charge in [-0.2, -0.15) is 4.89 Å². The number of carbonyl (C=O) groups is 2. The third-order valence-corrected chi connectivity index (χ3v) is 2.36. The van der Waals surface area contributed by atoms with Gasteiger partial charge in [0, 0.05) is 0 Å². The van der Waals surface area contributed by atoms with Gasteiger partial charge in [0.05, 0.1) is 12.2 Å². The molecule has 0 atom stereocenters. The van der Waals surface area contributed by atoms with Gasteiger partial charge in [0.25, 0.3) is 5.76 Å². The fourth-order valence-corrected chi connectivity index (χ4v) is 1.45. The first-order valence-electron chi connectivity index (χ1n) is 6.22. The number of carboxylic acids is 2. The van der Waals surface area contributed by atoms with Gasteiger partial charge in [0.2, 0.25) is 0 Å². The lowest BCUT2D eigenvalue weighted by Crippen LogP contribution is -2.24. The summed E-state index contributed by atoms with van der Waals surface area (Å²) in [5.74, 6) is -3.46. The summed E-state index contributed by atoms with van der Waals surface area (Å²) < 4.78 is 0. The lowest BCUT2D eigenvalue weighted by Gasteiger charge is -2.20. The first-order chi connectivity index (χ1) is 8.71. The zero-order valence-corrected chi connectivity index (χ0v) is 11.9. The van der Waals surface area contributed by atoms with Gasteiger partial charge in [-0.1, -0.05) is 40.5 Å². The standard InChI is InChI=1S/C13H22O6/c1-5-6-7-8-18-19-10(12(16)17)9(11(14)15)13(2,3)4/h5-8H2,1-4H3,(H,14,15)(H,16,17). The smallest absolute Gasteiger partial charge is 0.375 e. The summed E-state index contributed by atoms with van der Waals surface area (Å²) in [4.78, 5) is 31.7. The second-order valence-corrected chi connectivity index (χ2v) is 5.18. The third-order valence-electron chi connectivity index (χ3n) is 2.36. The summed E-state index contributed by atoms with van der Waals surface area (Å²) in [5.41, 5.74) is -1.19. The predicted octanol–water partition coefficient (Wildman–Crippen LogP) is 2.59. The third kappa shape index (κ3) is 6.24. The Balaban J connectivity index is 4.95. The molecular weight excluding hydrogens is 252 g/mol. The van der Waals surface area contributed by atoms with Gasteiger partial charge < -0.3 is 15.1 Å². The van der Waals surface area contributed by atoms with Gasteiger partial charge in [-0.05, 0) is 11.8 Å². The van der Waals surface area contributed by atoms with Gasteiger partial charge in [-0.3, -0.25) is 0 Å². The molecule has 0 saturated carbocycles. The molecule has 0 aliphatic rings. The minimum absolute atomic E-state index is 0.224. The Hall–Kier alpha value is -1.56. The van der Waals surface area contributed by atoms with E-state index in [-0.39, 0.29) is 12.2 Å². The summed E-state index contributed by atoms with van der Waals surface area (Å²) >= 11 is 0.